The first-order valence-electron chi connectivity index (χ1n) is 4.67. The van der Waals surface area contributed by atoms with Crippen molar-refractivity contribution in [3.63, 3.8) is 0 Å². The quantitative estimate of drug-likeness (QED) is 0.739. The third-order valence-corrected chi connectivity index (χ3v) is 3.45. The van der Waals surface area contributed by atoms with Crippen molar-refractivity contribution in [3.05, 3.63) is 29.6 Å². The van der Waals surface area contributed by atoms with Crippen LogP contribution >= 0.6 is 0 Å². The maximum atomic E-state index is 11.0. The number of aromatic nitrogens is 1. The summed E-state index contributed by atoms with van der Waals surface area (Å²) in [4.78, 5) is 4.22. The summed E-state index contributed by atoms with van der Waals surface area (Å²) in [5, 5.41) is 0. The van der Waals surface area contributed by atoms with Crippen molar-refractivity contribution in [2.24, 2.45) is 5.92 Å². The molecule has 76 valence electrons. The Balaban J connectivity index is 1.97. The third kappa shape index (κ3) is 2.39. The van der Waals surface area contributed by atoms with Gasteiger partial charge in [-0.2, -0.15) is 0 Å². The average molecular weight is 211 g/mol. The summed E-state index contributed by atoms with van der Waals surface area (Å²) in [7, 11) is 0. The molecular formula is C10H13NO2S. The lowest BCUT2D eigenvalue weighted by Gasteiger charge is -2.05. The van der Waals surface area contributed by atoms with Crippen LogP contribution in [0.15, 0.2) is 18.3 Å². The van der Waals surface area contributed by atoms with Gasteiger partial charge in [0.15, 0.2) is 11.1 Å². The fraction of sp³-hybridized carbons (Fsp3) is 0.500. The maximum absolute atomic E-state index is 11.0. The molecular weight excluding hydrogens is 198 g/mol. The van der Waals surface area contributed by atoms with Gasteiger partial charge in [-0.1, -0.05) is 6.07 Å². The minimum absolute atomic E-state index is 0.389. The Morgan fingerprint density at radius 3 is 3.07 bits per heavy atom. The summed E-state index contributed by atoms with van der Waals surface area (Å²) in [6.07, 6.45) is 2.80. The molecule has 0 bridgehead atoms. The maximum Gasteiger partial charge on any atom is 0.155 e. The molecule has 0 spiro atoms. The van der Waals surface area contributed by atoms with Gasteiger partial charge in [0.1, 0.15) is 0 Å². The molecule has 0 aliphatic carbocycles. The van der Waals surface area contributed by atoms with Gasteiger partial charge in [-0.25, -0.2) is 4.21 Å². The number of nitrogens with zero attached hydrogens (tertiary/aromatic N) is 1. The number of pyridine rings is 1. The zero-order chi connectivity index (χ0) is 9.97. The smallest absolute Gasteiger partial charge is 0.155 e. The van der Waals surface area contributed by atoms with E-state index in [4.69, 9.17) is 4.18 Å². The van der Waals surface area contributed by atoms with Crippen LogP contribution in [-0.4, -0.2) is 21.6 Å². The first-order valence-corrected chi connectivity index (χ1v) is 5.91. The zero-order valence-corrected chi connectivity index (χ0v) is 8.92. The second-order valence-corrected chi connectivity index (χ2v) is 4.81. The van der Waals surface area contributed by atoms with E-state index in [0.717, 1.165) is 12.1 Å². The Morgan fingerprint density at radius 2 is 2.50 bits per heavy atom. The molecule has 3 nitrogen and oxygen atoms in total. The SMILES string of the molecule is Cc1ccc(C[C@H]2COS(=O)C2)cn1. The lowest BCUT2D eigenvalue weighted by Crippen LogP contribution is -2.07. The molecule has 0 saturated carbocycles. The van der Waals surface area contributed by atoms with Gasteiger partial charge in [0.2, 0.25) is 0 Å². The summed E-state index contributed by atoms with van der Waals surface area (Å²) in [6, 6.07) is 4.08. The van der Waals surface area contributed by atoms with Crippen molar-refractivity contribution in [1.29, 1.82) is 0 Å². The van der Waals surface area contributed by atoms with Gasteiger partial charge in [0.25, 0.3) is 0 Å². The standard InChI is InChI=1S/C10H13NO2S/c1-8-2-3-9(5-11-8)4-10-6-13-14(12)7-10/h2-3,5,10H,4,6-7H2,1H3/t10-,14?/m0/s1. The third-order valence-electron chi connectivity index (χ3n) is 2.30. The highest BCUT2D eigenvalue weighted by Crippen LogP contribution is 2.16. The number of hydrogen-bond donors (Lipinski definition) is 0. The van der Waals surface area contributed by atoms with Crippen LogP contribution in [0.1, 0.15) is 11.3 Å². The molecule has 1 aromatic rings. The van der Waals surface area contributed by atoms with Crippen molar-refractivity contribution in [2.45, 2.75) is 13.3 Å². The molecule has 1 aliphatic rings. The molecule has 0 N–H and O–H groups in total. The van der Waals surface area contributed by atoms with E-state index < -0.39 is 11.1 Å². The van der Waals surface area contributed by atoms with E-state index in [9.17, 15) is 4.21 Å². The number of aryl methyl sites for hydroxylation is 1. The topological polar surface area (TPSA) is 39.2 Å². The fourth-order valence-corrected chi connectivity index (χ4v) is 2.57. The van der Waals surface area contributed by atoms with Crippen molar-refractivity contribution in [2.75, 3.05) is 12.4 Å². The molecule has 2 rings (SSSR count). The molecule has 1 fully saturated rings. The van der Waals surface area contributed by atoms with Crippen LogP contribution in [-0.2, 0) is 21.7 Å². The summed E-state index contributed by atoms with van der Waals surface area (Å²) in [5.41, 5.74) is 2.23. The van der Waals surface area contributed by atoms with Gasteiger partial charge >= 0.3 is 0 Å². The molecule has 0 amide bonds. The molecule has 1 aromatic heterocycles. The van der Waals surface area contributed by atoms with E-state index in [1.807, 2.05) is 19.2 Å². The highest BCUT2D eigenvalue weighted by Gasteiger charge is 2.22. The van der Waals surface area contributed by atoms with Gasteiger partial charge in [0.05, 0.1) is 12.4 Å². The molecule has 0 radical (unpaired) electrons. The van der Waals surface area contributed by atoms with E-state index in [1.165, 1.54) is 5.56 Å². The van der Waals surface area contributed by atoms with Crippen molar-refractivity contribution < 1.29 is 8.39 Å². The molecule has 1 unspecified atom stereocenters. The first kappa shape index (κ1) is 9.80. The predicted molar refractivity (Wildman–Crippen MR) is 55.1 cm³/mol. The molecule has 4 heteroatoms. The van der Waals surface area contributed by atoms with Gasteiger partial charge in [-0.3, -0.25) is 9.17 Å². The number of rotatable bonds is 2. The lowest BCUT2D eigenvalue weighted by atomic mass is 10.0. The van der Waals surface area contributed by atoms with Crippen LogP contribution in [0.3, 0.4) is 0 Å². The van der Waals surface area contributed by atoms with E-state index in [-0.39, 0.29) is 0 Å². The second-order valence-electron chi connectivity index (χ2n) is 3.63. The van der Waals surface area contributed by atoms with Gasteiger partial charge in [-0.05, 0) is 25.0 Å². The lowest BCUT2D eigenvalue weighted by molar-refractivity contribution is 0.328. The number of hydrogen-bond acceptors (Lipinski definition) is 3. The van der Waals surface area contributed by atoms with E-state index >= 15 is 0 Å². The molecule has 1 aliphatic heterocycles. The monoisotopic (exact) mass is 211 g/mol. The van der Waals surface area contributed by atoms with Gasteiger partial charge < -0.3 is 0 Å². The average Bonchev–Trinajstić information content (AvgIpc) is 2.56. The Bertz CT molecular complexity index is 336. The highest BCUT2D eigenvalue weighted by atomic mass is 32.2. The Labute approximate surface area is 86.2 Å². The van der Waals surface area contributed by atoms with Crippen molar-refractivity contribution >= 4 is 11.1 Å². The van der Waals surface area contributed by atoms with Crippen LogP contribution in [0.4, 0.5) is 0 Å². The molecule has 14 heavy (non-hydrogen) atoms. The highest BCUT2D eigenvalue weighted by molar-refractivity contribution is 7.80. The normalized spacial score (nSPS) is 26.6. The van der Waals surface area contributed by atoms with Crippen LogP contribution in [0.25, 0.3) is 0 Å². The fourth-order valence-electron chi connectivity index (χ4n) is 1.53. The molecule has 0 aromatic carbocycles. The minimum Gasteiger partial charge on any atom is -0.290 e. The van der Waals surface area contributed by atoms with E-state index in [2.05, 4.69) is 11.1 Å². The van der Waals surface area contributed by atoms with Crippen molar-refractivity contribution in [1.82, 2.24) is 4.98 Å². The Morgan fingerprint density at radius 1 is 1.64 bits per heavy atom. The van der Waals surface area contributed by atoms with Crippen molar-refractivity contribution in [3.8, 4) is 0 Å². The van der Waals surface area contributed by atoms with Crippen LogP contribution in [0, 0.1) is 12.8 Å². The summed E-state index contributed by atoms with van der Waals surface area (Å²) in [5.74, 6) is 1.05. The Hall–Kier alpha value is -0.740. The molecule has 2 atom stereocenters. The minimum atomic E-state index is -1.05. The first-order chi connectivity index (χ1) is 6.74. The van der Waals surface area contributed by atoms with E-state index in [0.29, 0.717) is 18.3 Å². The second kappa shape index (κ2) is 4.19. The van der Waals surface area contributed by atoms with Gasteiger partial charge in [0, 0.05) is 17.8 Å². The molecule has 2 heterocycles. The van der Waals surface area contributed by atoms with Crippen LogP contribution in [0.2, 0.25) is 0 Å². The largest absolute Gasteiger partial charge is 0.290 e. The van der Waals surface area contributed by atoms with E-state index in [1.54, 1.807) is 0 Å². The summed E-state index contributed by atoms with van der Waals surface area (Å²) >= 11 is -1.05. The van der Waals surface area contributed by atoms with Crippen LogP contribution < -0.4 is 0 Å². The predicted octanol–water partition coefficient (Wildman–Crippen LogP) is 1.24. The molecule has 1 saturated heterocycles. The van der Waals surface area contributed by atoms with Crippen LogP contribution in [0.5, 0.6) is 0 Å². The Kier molecular flexibility index (Phi) is 2.93. The van der Waals surface area contributed by atoms with Gasteiger partial charge in [-0.15, -0.1) is 0 Å². The zero-order valence-electron chi connectivity index (χ0n) is 8.10. The summed E-state index contributed by atoms with van der Waals surface area (Å²) < 4.78 is 16.0. The summed E-state index contributed by atoms with van der Waals surface area (Å²) in [6.45, 7) is 2.58.